The average molecular weight is 272 g/mol. The molecule has 1 N–H and O–H groups in total. The van der Waals surface area contributed by atoms with Crippen molar-refractivity contribution in [2.45, 2.75) is 34.1 Å². The quantitative estimate of drug-likeness (QED) is 0.814. The van der Waals surface area contributed by atoms with Crippen LogP contribution in [0.1, 0.15) is 30.9 Å². The van der Waals surface area contributed by atoms with E-state index in [9.17, 15) is 0 Å². The Labute approximate surface area is 121 Å². The van der Waals surface area contributed by atoms with Gasteiger partial charge in [0.1, 0.15) is 0 Å². The topological polar surface area (TPSA) is 38.1 Å². The molecule has 3 nitrogen and oxygen atoms in total. The van der Waals surface area contributed by atoms with E-state index in [1.54, 1.807) is 0 Å². The van der Waals surface area contributed by atoms with Crippen LogP contribution in [0.15, 0.2) is 28.8 Å². The van der Waals surface area contributed by atoms with Crippen LogP contribution in [0, 0.1) is 19.8 Å². The number of hydrogen-bond acceptors (Lipinski definition) is 3. The van der Waals surface area contributed by atoms with E-state index in [2.05, 4.69) is 56.2 Å². The van der Waals surface area contributed by atoms with Crippen molar-refractivity contribution in [3.63, 3.8) is 0 Å². The minimum atomic E-state index is 0.672. The van der Waals surface area contributed by atoms with Crippen molar-refractivity contribution in [2.75, 3.05) is 13.1 Å². The van der Waals surface area contributed by atoms with Crippen LogP contribution < -0.4 is 5.32 Å². The van der Waals surface area contributed by atoms with Crippen molar-refractivity contribution in [2.24, 2.45) is 5.92 Å². The van der Waals surface area contributed by atoms with Crippen molar-refractivity contribution in [3.05, 3.63) is 41.4 Å². The van der Waals surface area contributed by atoms with Crippen LogP contribution in [-0.4, -0.2) is 18.1 Å². The molecular weight excluding hydrogens is 248 g/mol. The largest absolute Gasteiger partial charge is 0.441 e. The third-order valence-electron chi connectivity index (χ3n) is 3.13. The molecule has 1 heterocycles. The molecule has 0 amide bonds. The first-order valence-electron chi connectivity index (χ1n) is 7.28. The zero-order valence-corrected chi connectivity index (χ0v) is 12.9. The first-order valence-corrected chi connectivity index (χ1v) is 7.28. The number of benzene rings is 1. The van der Waals surface area contributed by atoms with Gasteiger partial charge in [0, 0.05) is 18.5 Å². The van der Waals surface area contributed by atoms with E-state index < -0.39 is 0 Å². The highest BCUT2D eigenvalue weighted by atomic mass is 16.4. The number of aromatic nitrogens is 1. The third-order valence-corrected chi connectivity index (χ3v) is 3.13. The van der Waals surface area contributed by atoms with Gasteiger partial charge in [-0.05, 0) is 38.4 Å². The molecule has 0 saturated heterocycles. The Morgan fingerprint density at radius 1 is 1.15 bits per heavy atom. The normalized spacial score (nSPS) is 11.2. The first-order chi connectivity index (χ1) is 9.54. The Morgan fingerprint density at radius 3 is 2.50 bits per heavy atom. The van der Waals surface area contributed by atoms with Crippen molar-refractivity contribution in [1.82, 2.24) is 10.3 Å². The second-order valence-electron chi connectivity index (χ2n) is 5.84. The predicted octanol–water partition coefficient (Wildman–Crippen LogP) is 3.75. The standard InChI is InChI=1S/C17H24N2O/c1-12(2)10-18-6-5-17-19-11-16(20-17)15-8-13(3)7-14(4)9-15/h7-9,11-12,18H,5-6,10H2,1-4H3. The predicted molar refractivity (Wildman–Crippen MR) is 82.8 cm³/mol. The smallest absolute Gasteiger partial charge is 0.196 e. The molecule has 0 unspecified atom stereocenters. The average Bonchev–Trinajstić information content (AvgIpc) is 2.82. The minimum absolute atomic E-state index is 0.672. The molecule has 2 aromatic rings. The number of nitrogens with one attached hydrogen (secondary N) is 1. The SMILES string of the molecule is Cc1cc(C)cc(-c2cnc(CCNCC(C)C)o2)c1. The van der Waals surface area contributed by atoms with Crippen molar-refractivity contribution >= 4 is 0 Å². The summed E-state index contributed by atoms with van der Waals surface area (Å²) in [5.41, 5.74) is 3.60. The summed E-state index contributed by atoms with van der Waals surface area (Å²) in [6, 6.07) is 6.43. The number of hydrogen-bond donors (Lipinski definition) is 1. The fourth-order valence-corrected chi connectivity index (χ4v) is 2.26. The summed E-state index contributed by atoms with van der Waals surface area (Å²) in [6.45, 7) is 10.6. The van der Waals surface area contributed by atoms with Crippen LogP contribution in [0.25, 0.3) is 11.3 Å². The summed E-state index contributed by atoms with van der Waals surface area (Å²) < 4.78 is 5.84. The van der Waals surface area contributed by atoms with Crippen molar-refractivity contribution < 1.29 is 4.42 Å². The van der Waals surface area contributed by atoms with Gasteiger partial charge in [-0.1, -0.05) is 31.0 Å². The van der Waals surface area contributed by atoms with E-state index in [1.807, 2.05) is 6.20 Å². The lowest BCUT2D eigenvalue weighted by atomic mass is 10.1. The van der Waals surface area contributed by atoms with Crippen LogP contribution >= 0.6 is 0 Å². The van der Waals surface area contributed by atoms with Gasteiger partial charge in [0.25, 0.3) is 0 Å². The maximum Gasteiger partial charge on any atom is 0.196 e. The van der Waals surface area contributed by atoms with Gasteiger partial charge >= 0.3 is 0 Å². The Bertz CT molecular complexity index is 538. The monoisotopic (exact) mass is 272 g/mol. The fraction of sp³-hybridized carbons (Fsp3) is 0.471. The molecule has 0 spiro atoms. The molecule has 0 atom stereocenters. The van der Waals surface area contributed by atoms with E-state index in [0.717, 1.165) is 36.7 Å². The van der Waals surface area contributed by atoms with Crippen molar-refractivity contribution in [3.8, 4) is 11.3 Å². The highest BCUT2D eigenvalue weighted by Crippen LogP contribution is 2.23. The zero-order chi connectivity index (χ0) is 14.5. The van der Waals surface area contributed by atoms with Gasteiger partial charge in [0.05, 0.1) is 6.20 Å². The summed E-state index contributed by atoms with van der Waals surface area (Å²) >= 11 is 0. The van der Waals surface area contributed by atoms with E-state index in [0.29, 0.717) is 5.92 Å². The van der Waals surface area contributed by atoms with Gasteiger partial charge in [0.2, 0.25) is 0 Å². The molecule has 0 aliphatic carbocycles. The summed E-state index contributed by atoms with van der Waals surface area (Å²) in [6.07, 6.45) is 2.66. The maximum absolute atomic E-state index is 5.84. The number of nitrogens with zero attached hydrogens (tertiary/aromatic N) is 1. The summed E-state index contributed by atoms with van der Waals surface area (Å²) in [5, 5.41) is 3.40. The summed E-state index contributed by atoms with van der Waals surface area (Å²) in [4.78, 5) is 4.36. The van der Waals surface area contributed by atoms with Gasteiger partial charge in [-0.15, -0.1) is 0 Å². The molecule has 0 saturated carbocycles. The highest BCUT2D eigenvalue weighted by Gasteiger charge is 2.07. The number of aryl methyl sites for hydroxylation is 2. The van der Waals surface area contributed by atoms with Gasteiger partial charge in [-0.25, -0.2) is 4.98 Å². The lowest BCUT2D eigenvalue weighted by Gasteiger charge is -2.05. The van der Waals surface area contributed by atoms with Gasteiger partial charge < -0.3 is 9.73 Å². The lowest BCUT2D eigenvalue weighted by molar-refractivity contribution is 0.483. The second kappa shape index (κ2) is 6.71. The molecule has 0 aliphatic rings. The van der Waals surface area contributed by atoms with Crippen LogP contribution in [0.4, 0.5) is 0 Å². The molecule has 0 aliphatic heterocycles. The fourth-order valence-electron chi connectivity index (χ4n) is 2.26. The van der Waals surface area contributed by atoms with Crippen molar-refractivity contribution in [1.29, 1.82) is 0 Å². The highest BCUT2D eigenvalue weighted by molar-refractivity contribution is 5.58. The van der Waals surface area contributed by atoms with Crippen LogP contribution in [0.3, 0.4) is 0 Å². The molecule has 1 aromatic carbocycles. The van der Waals surface area contributed by atoms with Gasteiger partial charge in [0.15, 0.2) is 11.7 Å². The van der Waals surface area contributed by atoms with Crippen LogP contribution in [-0.2, 0) is 6.42 Å². The lowest BCUT2D eigenvalue weighted by Crippen LogP contribution is -2.22. The molecule has 1 aromatic heterocycles. The molecule has 0 radical (unpaired) electrons. The molecule has 3 heteroatoms. The van der Waals surface area contributed by atoms with Gasteiger partial charge in [-0.3, -0.25) is 0 Å². The summed E-state index contributed by atoms with van der Waals surface area (Å²) in [7, 11) is 0. The maximum atomic E-state index is 5.84. The van der Waals surface area contributed by atoms with Gasteiger partial charge in [-0.2, -0.15) is 0 Å². The Morgan fingerprint density at radius 2 is 1.85 bits per heavy atom. The molecule has 20 heavy (non-hydrogen) atoms. The second-order valence-corrected chi connectivity index (χ2v) is 5.84. The minimum Gasteiger partial charge on any atom is -0.441 e. The molecule has 108 valence electrons. The summed E-state index contributed by atoms with van der Waals surface area (Å²) in [5.74, 6) is 2.33. The molecular formula is C17H24N2O. The molecule has 0 bridgehead atoms. The number of oxazole rings is 1. The Hall–Kier alpha value is -1.61. The molecule has 2 rings (SSSR count). The first kappa shape index (κ1) is 14.8. The van der Waals surface area contributed by atoms with E-state index in [-0.39, 0.29) is 0 Å². The van der Waals surface area contributed by atoms with Crippen LogP contribution in [0.5, 0.6) is 0 Å². The molecule has 0 fully saturated rings. The van der Waals surface area contributed by atoms with Crippen LogP contribution in [0.2, 0.25) is 0 Å². The Balaban J connectivity index is 1.98. The Kier molecular flexibility index (Phi) is 4.96. The zero-order valence-electron chi connectivity index (χ0n) is 12.9. The number of rotatable bonds is 6. The third kappa shape index (κ3) is 4.20. The van der Waals surface area contributed by atoms with E-state index in [4.69, 9.17) is 4.42 Å². The van der Waals surface area contributed by atoms with E-state index in [1.165, 1.54) is 11.1 Å². The van der Waals surface area contributed by atoms with E-state index >= 15 is 0 Å².